The molecule has 0 unspecified atom stereocenters. The Bertz CT molecular complexity index is 436. The molecule has 1 aromatic rings. The average Bonchev–Trinajstić information content (AvgIpc) is 2.83. The van der Waals surface area contributed by atoms with Gasteiger partial charge in [-0.05, 0) is 5.56 Å². The Morgan fingerprint density at radius 1 is 1.06 bits per heavy atom. The quantitative estimate of drug-likeness (QED) is 0.748. The van der Waals surface area contributed by atoms with E-state index in [4.69, 9.17) is 0 Å². The number of carbonyl (C=O) groups excluding carboxylic acids is 2. The molecule has 1 N–H and O–H groups in total. The molecule has 17 heavy (non-hydrogen) atoms. The van der Waals surface area contributed by atoms with Crippen LogP contribution in [-0.2, 0) is 16.1 Å². The van der Waals surface area contributed by atoms with Gasteiger partial charge < -0.3 is 0 Å². The van der Waals surface area contributed by atoms with Gasteiger partial charge in [0.15, 0.2) is 0 Å². The standard InChI is InChI=1S/C13H14N2O2/c16-12-10-7-15(8-11(10)13(17)14-12)6-9-4-2-1-3-5-9/h1-5,10-11H,6-8H2,(H,14,16,17)/t10-,11-/m0/s1. The lowest BCUT2D eigenvalue weighted by molar-refractivity contribution is -0.126. The third kappa shape index (κ3) is 1.85. The maximum Gasteiger partial charge on any atom is 0.231 e. The molecule has 0 bridgehead atoms. The Balaban J connectivity index is 1.69. The monoisotopic (exact) mass is 230 g/mol. The Morgan fingerprint density at radius 2 is 1.65 bits per heavy atom. The molecule has 2 aliphatic heterocycles. The molecule has 2 amide bonds. The van der Waals surface area contributed by atoms with Gasteiger partial charge in [-0.25, -0.2) is 0 Å². The summed E-state index contributed by atoms with van der Waals surface area (Å²) < 4.78 is 0. The van der Waals surface area contributed by atoms with E-state index in [-0.39, 0.29) is 23.7 Å². The molecule has 0 radical (unpaired) electrons. The van der Waals surface area contributed by atoms with Gasteiger partial charge in [-0.1, -0.05) is 30.3 Å². The predicted molar refractivity (Wildman–Crippen MR) is 61.8 cm³/mol. The van der Waals surface area contributed by atoms with Crippen molar-refractivity contribution >= 4 is 11.8 Å². The minimum absolute atomic E-state index is 0.101. The smallest absolute Gasteiger partial charge is 0.231 e. The summed E-state index contributed by atoms with van der Waals surface area (Å²) in [6.45, 7) is 2.20. The molecule has 2 aliphatic rings. The molecule has 4 nitrogen and oxygen atoms in total. The molecule has 0 aromatic heterocycles. The third-order valence-corrected chi connectivity index (χ3v) is 3.56. The highest BCUT2D eigenvalue weighted by atomic mass is 16.2. The predicted octanol–water partition coefficient (Wildman–Crippen LogP) is 0.391. The molecular weight excluding hydrogens is 216 g/mol. The summed E-state index contributed by atoms with van der Waals surface area (Å²) in [6, 6.07) is 10.1. The van der Waals surface area contributed by atoms with Gasteiger partial charge in [0.2, 0.25) is 11.8 Å². The van der Waals surface area contributed by atoms with Crippen molar-refractivity contribution in [3.8, 4) is 0 Å². The van der Waals surface area contributed by atoms with Crippen molar-refractivity contribution in [1.82, 2.24) is 10.2 Å². The van der Waals surface area contributed by atoms with Crippen LogP contribution in [0.2, 0.25) is 0 Å². The van der Waals surface area contributed by atoms with Crippen molar-refractivity contribution in [1.29, 1.82) is 0 Å². The van der Waals surface area contributed by atoms with Gasteiger partial charge >= 0.3 is 0 Å². The van der Waals surface area contributed by atoms with Crippen LogP contribution in [0.5, 0.6) is 0 Å². The molecule has 4 heteroatoms. The Kier molecular flexibility index (Phi) is 2.44. The highest BCUT2D eigenvalue weighted by Crippen LogP contribution is 2.29. The topological polar surface area (TPSA) is 49.4 Å². The van der Waals surface area contributed by atoms with Crippen molar-refractivity contribution in [2.75, 3.05) is 13.1 Å². The lowest BCUT2D eigenvalue weighted by Crippen LogP contribution is -2.31. The van der Waals surface area contributed by atoms with Gasteiger partial charge in [-0.2, -0.15) is 0 Å². The second-order valence-electron chi connectivity index (χ2n) is 4.75. The number of amides is 2. The van der Waals surface area contributed by atoms with E-state index in [0.29, 0.717) is 13.1 Å². The summed E-state index contributed by atoms with van der Waals surface area (Å²) in [4.78, 5) is 25.2. The highest BCUT2D eigenvalue weighted by molar-refractivity contribution is 6.05. The number of hydrogen-bond donors (Lipinski definition) is 1. The molecule has 88 valence electrons. The van der Waals surface area contributed by atoms with Gasteiger partial charge in [0.25, 0.3) is 0 Å². The first-order valence-electron chi connectivity index (χ1n) is 5.85. The van der Waals surface area contributed by atoms with Crippen molar-refractivity contribution < 1.29 is 9.59 Å². The van der Waals surface area contributed by atoms with Crippen LogP contribution in [0, 0.1) is 11.8 Å². The molecule has 2 fully saturated rings. The number of fused-ring (bicyclic) bond motifs is 1. The van der Waals surface area contributed by atoms with E-state index in [1.54, 1.807) is 0 Å². The van der Waals surface area contributed by atoms with Gasteiger partial charge in [-0.3, -0.25) is 19.8 Å². The van der Waals surface area contributed by atoms with Crippen molar-refractivity contribution in [3.63, 3.8) is 0 Å². The largest absolute Gasteiger partial charge is 0.297 e. The zero-order valence-corrected chi connectivity index (χ0v) is 9.43. The zero-order chi connectivity index (χ0) is 11.8. The number of carbonyl (C=O) groups is 2. The van der Waals surface area contributed by atoms with E-state index >= 15 is 0 Å². The molecule has 1 aromatic carbocycles. The summed E-state index contributed by atoms with van der Waals surface area (Å²) in [5, 5.41) is 2.40. The number of nitrogens with one attached hydrogen (secondary N) is 1. The van der Waals surface area contributed by atoms with E-state index < -0.39 is 0 Å². The van der Waals surface area contributed by atoms with Crippen LogP contribution in [0.4, 0.5) is 0 Å². The number of likely N-dealkylation sites (tertiary alicyclic amines) is 1. The fraction of sp³-hybridized carbons (Fsp3) is 0.385. The maximum atomic E-state index is 11.5. The number of rotatable bonds is 2. The summed E-state index contributed by atoms with van der Waals surface area (Å²) in [7, 11) is 0. The Labute approximate surface area is 99.6 Å². The van der Waals surface area contributed by atoms with E-state index in [2.05, 4.69) is 22.3 Å². The van der Waals surface area contributed by atoms with Crippen LogP contribution >= 0.6 is 0 Å². The lowest BCUT2D eigenvalue weighted by Gasteiger charge is -2.16. The molecule has 2 heterocycles. The molecule has 0 spiro atoms. The van der Waals surface area contributed by atoms with Crippen molar-refractivity contribution in [2.45, 2.75) is 6.54 Å². The first kappa shape index (κ1) is 10.5. The zero-order valence-electron chi connectivity index (χ0n) is 9.43. The van der Waals surface area contributed by atoms with Gasteiger partial charge in [0.1, 0.15) is 0 Å². The second-order valence-corrected chi connectivity index (χ2v) is 4.75. The summed E-state index contributed by atoms with van der Waals surface area (Å²) in [5.74, 6) is -0.469. The third-order valence-electron chi connectivity index (χ3n) is 3.56. The van der Waals surface area contributed by atoms with Gasteiger partial charge in [0.05, 0.1) is 11.8 Å². The highest BCUT2D eigenvalue weighted by Gasteiger charge is 2.47. The summed E-state index contributed by atoms with van der Waals surface area (Å²) in [6.07, 6.45) is 0. The van der Waals surface area contributed by atoms with Crippen molar-refractivity contribution in [3.05, 3.63) is 35.9 Å². The van der Waals surface area contributed by atoms with E-state index in [0.717, 1.165) is 6.54 Å². The molecular formula is C13H14N2O2. The van der Waals surface area contributed by atoms with Crippen LogP contribution < -0.4 is 5.32 Å². The van der Waals surface area contributed by atoms with Gasteiger partial charge in [0, 0.05) is 19.6 Å². The average molecular weight is 230 g/mol. The molecule has 0 saturated carbocycles. The Hall–Kier alpha value is -1.68. The van der Waals surface area contributed by atoms with Crippen LogP contribution in [0.1, 0.15) is 5.56 Å². The van der Waals surface area contributed by atoms with E-state index in [1.807, 2.05) is 18.2 Å². The maximum absolute atomic E-state index is 11.5. The van der Waals surface area contributed by atoms with Crippen LogP contribution in [0.3, 0.4) is 0 Å². The van der Waals surface area contributed by atoms with Crippen LogP contribution in [0.25, 0.3) is 0 Å². The van der Waals surface area contributed by atoms with Crippen molar-refractivity contribution in [2.24, 2.45) is 11.8 Å². The normalized spacial score (nSPS) is 28.2. The minimum Gasteiger partial charge on any atom is -0.297 e. The molecule has 3 rings (SSSR count). The first-order valence-corrected chi connectivity index (χ1v) is 5.85. The molecule has 2 saturated heterocycles. The second kappa shape index (κ2) is 3.96. The number of benzene rings is 1. The summed E-state index contributed by atoms with van der Waals surface area (Å²) in [5.41, 5.74) is 1.22. The van der Waals surface area contributed by atoms with E-state index in [9.17, 15) is 9.59 Å². The fourth-order valence-corrected chi connectivity index (χ4v) is 2.69. The number of nitrogens with zero attached hydrogens (tertiary/aromatic N) is 1. The Morgan fingerprint density at radius 3 is 2.24 bits per heavy atom. The number of imide groups is 1. The van der Waals surface area contributed by atoms with Crippen LogP contribution in [-0.4, -0.2) is 29.8 Å². The van der Waals surface area contributed by atoms with E-state index in [1.165, 1.54) is 5.56 Å². The SMILES string of the molecule is O=C1NC(=O)[C@H]2CN(Cc3ccccc3)C[C@H]12. The lowest BCUT2D eigenvalue weighted by atomic mass is 10.00. The summed E-state index contributed by atoms with van der Waals surface area (Å²) >= 11 is 0. The first-order chi connectivity index (χ1) is 8.24. The molecule has 2 atom stereocenters. The molecule has 0 aliphatic carbocycles. The van der Waals surface area contributed by atoms with Gasteiger partial charge in [-0.15, -0.1) is 0 Å². The van der Waals surface area contributed by atoms with Crippen LogP contribution in [0.15, 0.2) is 30.3 Å². The fourth-order valence-electron chi connectivity index (χ4n) is 2.69. The number of hydrogen-bond acceptors (Lipinski definition) is 3. The minimum atomic E-state index is -0.133.